The summed E-state index contributed by atoms with van der Waals surface area (Å²) in [6.45, 7) is 5.75. The molecular formula is C15H23NO4. The molecule has 0 aliphatic rings. The van der Waals surface area contributed by atoms with E-state index in [9.17, 15) is 9.90 Å². The molecule has 1 unspecified atom stereocenters. The number of aliphatic hydroxyl groups excluding tert-OH is 1. The zero-order valence-electron chi connectivity index (χ0n) is 12.5. The normalized spacial score (nSPS) is 12.7. The molecule has 0 aliphatic heterocycles. The fourth-order valence-electron chi connectivity index (χ4n) is 1.64. The molecule has 1 aromatic rings. The van der Waals surface area contributed by atoms with Gasteiger partial charge in [-0.2, -0.15) is 0 Å². The van der Waals surface area contributed by atoms with E-state index in [1.54, 1.807) is 33.9 Å². The number of carbonyl (C=O) groups is 1. The second-order valence-electron chi connectivity index (χ2n) is 5.51. The lowest BCUT2D eigenvalue weighted by atomic mass is 10.1. The highest BCUT2D eigenvalue weighted by atomic mass is 16.6. The van der Waals surface area contributed by atoms with Crippen molar-refractivity contribution in [3.63, 3.8) is 0 Å². The van der Waals surface area contributed by atoms with Crippen molar-refractivity contribution in [3.8, 4) is 5.75 Å². The number of hydrogen-bond donors (Lipinski definition) is 2. The van der Waals surface area contributed by atoms with E-state index >= 15 is 0 Å². The van der Waals surface area contributed by atoms with Gasteiger partial charge in [0.2, 0.25) is 0 Å². The van der Waals surface area contributed by atoms with Gasteiger partial charge in [0, 0.05) is 6.54 Å². The number of hydrogen-bond acceptors (Lipinski definition) is 4. The van der Waals surface area contributed by atoms with Gasteiger partial charge in [-0.05, 0) is 44.9 Å². The number of rotatable bonds is 5. The Morgan fingerprint density at radius 3 is 2.70 bits per heavy atom. The fourth-order valence-corrected chi connectivity index (χ4v) is 1.64. The summed E-state index contributed by atoms with van der Waals surface area (Å²) in [4.78, 5) is 11.4. The van der Waals surface area contributed by atoms with Crippen LogP contribution in [0, 0.1) is 0 Å². The monoisotopic (exact) mass is 281 g/mol. The first-order valence-corrected chi connectivity index (χ1v) is 6.60. The maximum Gasteiger partial charge on any atom is 0.407 e. The van der Waals surface area contributed by atoms with E-state index in [1.165, 1.54) is 0 Å². The lowest BCUT2D eigenvalue weighted by Gasteiger charge is -2.20. The molecule has 0 saturated carbocycles. The van der Waals surface area contributed by atoms with Crippen molar-refractivity contribution in [3.05, 3.63) is 29.8 Å². The SMILES string of the molecule is COc1cccc(C(O)CCNC(=O)OC(C)(C)C)c1. The van der Waals surface area contributed by atoms with Crippen LogP contribution in [-0.2, 0) is 4.74 Å². The number of amides is 1. The Morgan fingerprint density at radius 2 is 2.10 bits per heavy atom. The van der Waals surface area contributed by atoms with Crippen LogP contribution in [0.1, 0.15) is 38.9 Å². The maximum absolute atomic E-state index is 11.4. The molecule has 0 fully saturated rings. The average molecular weight is 281 g/mol. The van der Waals surface area contributed by atoms with E-state index in [0.29, 0.717) is 18.7 Å². The van der Waals surface area contributed by atoms with E-state index in [1.807, 2.05) is 18.2 Å². The Kier molecular flexibility index (Phi) is 5.82. The summed E-state index contributed by atoms with van der Waals surface area (Å²) in [5, 5.41) is 12.7. The molecule has 0 heterocycles. The number of ether oxygens (including phenoxy) is 2. The first-order chi connectivity index (χ1) is 9.31. The topological polar surface area (TPSA) is 67.8 Å². The van der Waals surface area contributed by atoms with Crippen molar-refractivity contribution in [2.24, 2.45) is 0 Å². The van der Waals surface area contributed by atoms with Crippen LogP contribution in [0.15, 0.2) is 24.3 Å². The number of aliphatic hydroxyl groups is 1. The van der Waals surface area contributed by atoms with Crippen molar-refractivity contribution in [1.29, 1.82) is 0 Å². The standard InChI is InChI=1S/C15H23NO4/c1-15(2,3)20-14(18)16-9-8-13(17)11-6-5-7-12(10-11)19-4/h5-7,10,13,17H,8-9H2,1-4H3,(H,16,18). The third kappa shape index (κ3) is 5.93. The number of methoxy groups -OCH3 is 1. The number of alkyl carbamates (subject to hydrolysis) is 1. The third-order valence-electron chi connectivity index (χ3n) is 2.56. The third-order valence-corrected chi connectivity index (χ3v) is 2.56. The molecular weight excluding hydrogens is 258 g/mol. The minimum Gasteiger partial charge on any atom is -0.497 e. The van der Waals surface area contributed by atoms with Gasteiger partial charge in [0.15, 0.2) is 0 Å². The summed E-state index contributed by atoms with van der Waals surface area (Å²) in [7, 11) is 1.58. The zero-order chi connectivity index (χ0) is 15.2. The van der Waals surface area contributed by atoms with Crippen molar-refractivity contribution in [2.75, 3.05) is 13.7 Å². The van der Waals surface area contributed by atoms with Gasteiger partial charge in [-0.25, -0.2) is 4.79 Å². The Morgan fingerprint density at radius 1 is 1.40 bits per heavy atom. The van der Waals surface area contributed by atoms with Gasteiger partial charge in [-0.1, -0.05) is 12.1 Å². The predicted molar refractivity (Wildman–Crippen MR) is 76.8 cm³/mol. The molecule has 5 nitrogen and oxygen atoms in total. The molecule has 0 aliphatic carbocycles. The molecule has 0 radical (unpaired) electrons. The minimum atomic E-state index is -0.653. The minimum absolute atomic E-state index is 0.341. The second-order valence-corrected chi connectivity index (χ2v) is 5.51. The Balaban J connectivity index is 2.39. The van der Waals surface area contributed by atoms with Gasteiger partial charge < -0.3 is 19.9 Å². The average Bonchev–Trinajstić information content (AvgIpc) is 2.36. The van der Waals surface area contributed by atoms with Crippen molar-refractivity contribution in [1.82, 2.24) is 5.32 Å². The highest BCUT2D eigenvalue weighted by Crippen LogP contribution is 2.21. The molecule has 20 heavy (non-hydrogen) atoms. The van der Waals surface area contributed by atoms with Gasteiger partial charge in [0.1, 0.15) is 11.4 Å². The van der Waals surface area contributed by atoms with Crippen LogP contribution in [0.4, 0.5) is 4.79 Å². The molecule has 1 rings (SSSR count). The van der Waals surface area contributed by atoms with Gasteiger partial charge in [-0.15, -0.1) is 0 Å². The Labute approximate surface area is 119 Å². The van der Waals surface area contributed by atoms with Crippen LogP contribution in [0.2, 0.25) is 0 Å². The van der Waals surface area contributed by atoms with Gasteiger partial charge in [0.05, 0.1) is 13.2 Å². The van der Waals surface area contributed by atoms with Crippen LogP contribution in [0.25, 0.3) is 0 Å². The number of nitrogens with one attached hydrogen (secondary N) is 1. The molecule has 0 bridgehead atoms. The van der Waals surface area contributed by atoms with Gasteiger partial charge in [-0.3, -0.25) is 0 Å². The van der Waals surface area contributed by atoms with Crippen molar-refractivity contribution < 1.29 is 19.4 Å². The highest BCUT2D eigenvalue weighted by Gasteiger charge is 2.16. The lowest BCUT2D eigenvalue weighted by Crippen LogP contribution is -2.33. The zero-order valence-corrected chi connectivity index (χ0v) is 12.5. The number of carbonyl (C=O) groups excluding carboxylic acids is 1. The maximum atomic E-state index is 11.4. The molecule has 1 aromatic carbocycles. The van der Waals surface area contributed by atoms with Crippen LogP contribution in [0.5, 0.6) is 5.75 Å². The Hall–Kier alpha value is -1.75. The quantitative estimate of drug-likeness (QED) is 0.870. The Bertz CT molecular complexity index is 440. The molecule has 112 valence electrons. The van der Waals surface area contributed by atoms with E-state index in [2.05, 4.69) is 5.32 Å². The van der Waals surface area contributed by atoms with Crippen LogP contribution >= 0.6 is 0 Å². The molecule has 5 heteroatoms. The predicted octanol–water partition coefficient (Wildman–Crippen LogP) is 2.64. The molecule has 1 atom stereocenters. The molecule has 0 saturated heterocycles. The van der Waals surface area contributed by atoms with Gasteiger partial charge >= 0.3 is 6.09 Å². The molecule has 1 amide bonds. The van der Waals surface area contributed by atoms with Crippen LogP contribution in [-0.4, -0.2) is 30.5 Å². The van der Waals surface area contributed by atoms with E-state index in [4.69, 9.17) is 9.47 Å². The van der Waals surface area contributed by atoms with Crippen LogP contribution in [0.3, 0.4) is 0 Å². The fraction of sp³-hybridized carbons (Fsp3) is 0.533. The summed E-state index contributed by atoms with van der Waals surface area (Å²) in [5.41, 5.74) is 0.241. The van der Waals surface area contributed by atoms with E-state index < -0.39 is 17.8 Å². The van der Waals surface area contributed by atoms with E-state index in [0.717, 1.165) is 5.56 Å². The first kappa shape index (κ1) is 16.3. The summed E-state index contributed by atoms with van der Waals surface area (Å²) in [6, 6.07) is 7.23. The lowest BCUT2D eigenvalue weighted by molar-refractivity contribution is 0.0518. The largest absolute Gasteiger partial charge is 0.497 e. The summed E-state index contributed by atoms with van der Waals surface area (Å²) < 4.78 is 10.2. The smallest absolute Gasteiger partial charge is 0.407 e. The first-order valence-electron chi connectivity index (χ1n) is 6.60. The molecule has 0 aromatic heterocycles. The van der Waals surface area contributed by atoms with Crippen molar-refractivity contribution >= 4 is 6.09 Å². The summed E-state index contributed by atoms with van der Waals surface area (Å²) >= 11 is 0. The highest BCUT2D eigenvalue weighted by molar-refractivity contribution is 5.67. The van der Waals surface area contributed by atoms with Gasteiger partial charge in [0.25, 0.3) is 0 Å². The second kappa shape index (κ2) is 7.14. The molecule has 2 N–H and O–H groups in total. The van der Waals surface area contributed by atoms with Crippen LogP contribution < -0.4 is 10.1 Å². The summed E-state index contributed by atoms with van der Waals surface area (Å²) in [6.07, 6.45) is -0.720. The summed E-state index contributed by atoms with van der Waals surface area (Å²) in [5.74, 6) is 0.696. The van der Waals surface area contributed by atoms with E-state index in [-0.39, 0.29) is 0 Å². The number of benzene rings is 1. The molecule has 0 spiro atoms. The van der Waals surface area contributed by atoms with Crippen molar-refractivity contribution in [2.45, 2.75) is 38.9 Å².